The van der Waals surface area contributed by atoms with Crippen LogP contribution in [0.4, 0.5) is 0 Å². The summed E-state index contributed by atoms with van der Waals surface area (Å²) in [6, 6.07) is 2.39. The summed E-state index contributed by atoms with van der Waals surface area (Å²) in [6.07, 6.45) is 2.51. The maximum Gasteiger partial charge on any atom is 0.500 e. The van der Waals surface area contributed by atoms with Crippen molar-refractivity contribution >= 4 is 17.0 Å². The lowest BCUT2D eigenvalue weighted by Crippen LogP contribution is -2.48. The molecule has 4 nitrogen and oxygen atoms in total. The maximum atomic E-state index is 5.91. The molecular weight excluding hydrogens is 286 g/mol. The summed E-state index contributed by atoms with van der Waals surface area (Å²) in [6.45, 7) is 15.5. The number of nitrogens with zero attached hydrogens (tertiary/aromatic N) is 1. The van der Waals surface area contributed by atoms with E-state index in [-0.39, 0.29) is 0 Å². The topological polar surface area (TPSA) is 30.9 Å². The molecule has 1 saturated heterocycles. The van der Waals surface area contributed by atoms with Gasteiger partial charge < -0.3 is 17.8 Å². The third-order valence-electron chi connectivity index (χ3n) is 4.08. The molecule has 120 valence electrons. The second-order valence-corrected chi connectivity index (χ2v) is 13.5. The van der Waals surface area contributed by atoms with E-state index in [1.54, 1.807) is 0 Å². The molecule has 1 rings (SSSR count). The Labute approximate surface area is 127 Å². The van der Waals surface area contributed by atoms with Crippen molar-refractivity contribution in [1.29, 1.82) is 0 Å². The molecule has 0 radical (unpaired) electrons. The van der Waals surface area contributed by atoms with Crippen LogP contribution in [0.3, 0.4) is 0 Å². The maximum absolute atomic E-state index is 5.91. The summed E-state index contributed by atoms with van der Waals surface area (Å²) >= 11 is 0. The zero-order chi connectivity index (χ0) is 15.1. The molecule has 0 aromatic carbocycles. The lowest BCUT2D eigenvalue weighted by Gasteiger charge is -2.32. The van der Waals surface area contributed by atoms with Gasteiger partial charge in [-0.1, -0.05) is 13.1 Å². The van der Waals surface area contributed by atoms with Gasteiger partial charge >= 0.3 is 8.80 Å². The predicted molar refractivity (Wildman–Crippen MR) is 88.5 cm³/mol. The highest BCUT2D eigenvalue weighted by atomic mass is 28.4. The van der Waals surface area contributed by atoms with Gasteiger partial charge in [-0.3, -0.25) is 0 Å². The highest BCUT2D eigenvalue weighted by Crippen LogP contribution is 2.27. The first-order valence-corrected chi connectivity index (χ1v) is 13.2. The van der Waals surface area contributed by atoms with Crippen molar-refractivity contribution in [3.8, 4) is 0 Å². The van der Waals surface area contributed by atoms with Gasteiger partial charge in [-0.25, -0.2) is 0 Å². The molecule has 1 heterocycles. The fraction of sp³-hybridized carbons (Fsp3) is 1.00. The van der Waals surface area contributed by atoms with Crippen molar-refractivity contribution in [2.45, 2.75) is 58.8 Å². The van der Waals surface area contributed by atoms with Crippen LogP contribution >= 0.6 is 0 Å². The molecule has 0 aliphatic carbocycles. The summed E-state index contributed by atoms with van der Waals surface area (Å²) in [7, 11) is -3.52. The fourth-order valence-corrected chi connectivity index (χ4v) is 8.53. The monoisotopic (exact) mass is 319 g/mol. The molecule has 0 saturated carbocycles. The molecule has 0 aromatic heterocycles. The molecule has 0 unspecified atom stereocenters. The smallest absolute Gasteiger partial charge is 0.374 e. The van der Waals surface area contributed by atoms with Crippen molar-refractivity contribution in [2.24, 2.45) is 0 Å². The van der Waals surface area contributed by atoms with Gasteiger partial charge in [0.05, 0.1) is 0 Å². The quantitative estimate of drug-likeness (QED) is 0.578. The van der Waals surface area contributed by atoms with Crippen LogP contribution < -0.4 is 0 Å². The van der Waals surface area contributed by atoms with E-state index in [0.717, 1.165) is 12.5 Å². The van der Waals surface area contributed by atoms with Gasteiger partial charge in [0.2, 0.25) is 0 Å². The van der Waals surface area contributed by atoms with Gasteiger partial charge in [-0.2, -0.15) is 0 Å². The minimum absolute atomic E-state index is 0.677. The van der Waals surface area contributed by atoms with E-state index in [1.165, 1.54) is 25.6 Å². The van der Waals surface area contributed by atoms with Gasteiger partial charge in [-0.15, -0.1) is 0 Å². The highest BCUT2D eigenvalue weighted by molar-refractivity contribution is 6.75. The molecule has 20 heavy (non-hydrogen) atoms. The Hall–Kier alpha value is 0.274. The average Bonchev–Trinajstić information content (AvgIpc) is 2.70. The van der Waals surface area contributed by atoms with Gasteiger partial charge in [0.1, 0.15) is 8.24 Å². The lowest BCUT2D eigenvalue weighted by molar-refractivity contribution is 0.0704. The second-order valence-electron chi connectivity index (χ2n) is 5.99. The Kier molecular flexibility index (Phi) is 7.93. The summed E-state index contributed by atoms with van der Waals surface area (Å²) in [4.78, 5) is 0. The Balaban J connectivity index is 2.48. The SMILES string of the molecule is CCO[Si](CCCN1CCC[Si]1(C)C)(OCC)OCC. The lowest BCUT2D eigenvalue weighted by atomic mass is 10.4. The molecule has 1 aliphatic heterocycles. The Morgan fingerprint density at radius 2 is 1.55 bits per heavy atom. The first-order valence-electron chi connectivity index (χ1n) is 8.16. The second kappa shape index (κ2) is 8.65. The van der Waals surface area contributed by atoms with Crippen LogP contribution in [0.1, 0.15) is 33.6 Å². The fourth-order valence-electron chi connectivity index (χ4n) is 3.07. The Bertz CT molecular complexity index is 260. The van der Waals surface area contributed by atoms with Crippen LogP contribution in [0.5, 0.6) is 0 Å². The van der Waals surface area contributed by atoms with Gasteiger partial charge in [0.15, 0.2) is 0 Å². The molecule has 1 fully saturated rings. The summed E-state index contributed by atoms with van der Waals surface area (Å²) in [5, 5.41) is 0. The standard InChI is InChI=1S/C14H33NO3Si2/c1-6-16-20(17-7-2,18-8-3)14-10-12-15-11-9-13-19(15,4)5/h6-14H2,1-5H3. The number of rotatable bonds is 10. The summed E-state index contributed by atoms with van der Waals surface area (Å²) in [5.74, 6) is 0. The van der Waals surface area contributed by atoms with Crippen molar-refractivity contribution in [3.63, 3.8) is 0 Å². The van der Waals surface area contributed by atoms with Crippen molar-refractivity contribution in [3.05, 3.63) is 0 Å². The van der Waals surface area contributed by atoms with Gasteiger partial charge in [-0.05, 0) is 52.7 Å². The number of hydrogen-bond acceptors (Lipinski definition) is 4. The highest BCUT2D eigenvalue weighted by Gasteiger charge is 2.41. The summed E-state index contributed by atoms with van der Waals surface area (Å²) < 4.78 is 20.5. The molecular formula is C14H33NO3Si2. The van der Waals surface area contributed by atoms with Crippen LogP contribution in [0.25, 0.3) is 0 Å². The first-order chi connectivity index (χ1) is 9.49. The third-order valence-corrected chi connectivity index (χ3v) is 11.0. The molecule has 0 spiro atoms. The molecule has 0 bridgehead atoms. The first kappa shape index (κ1) is 18.3. The zero-order valence-electron chi connectivity index (χ0n) is 14.0. The normalized spacial score (nSPS) is 19.6. The average molecular weight is 320 g/mol. The third kappa shape index (κ3) is 5.23. The molecule has 0 amide bonds. The van der Waals surface area contributed by atoms with Crippen LogP contribution in [-0.4, -0.2) is 54.5 Å². The van der Waals surface area contributed by atoms with Gasteiger partial charge in [0.25, 0.3) is 0 Å². The van der Waals surface area contributed by atoms with E-state index in [2.05, 4.69) is 17.7 Å². The molecule has 6 heteroatoms. The van der Waals surface area contributed by atoms with E-state index in [4.69, 9.17) is 13.3 Å². The molecule has 0 atom stereocenters. The number of hydrogen-bond donors (Lipinski definition) is 0. The minimum Gasteiger partial charge on any atom is -0.374 e. The summed E-state index contributed by atoms with van der Waals surface area (Å²) in [5.41, 5.74) is 0. The minimum atomic E-state index is -2.43. The van der Waals surface area contributed by atoms with Crippen LogP contribution in [-0.2, 0) is 13.3 Å². The van der Waals surface area contributed by atoms with Crippen LogP contribution in [0.2, 0.25) is 25.2 Å². The van der Waals surface area contributed by atoms with Crippen LogP contribution in [0, 0.1) is 0 Å². The van der Waals surface area contributed by atoms with Crippen molar-refractivity contribution < 1.29 is 13.3 Å². The molecule has 0 aromatic rings. The molecule has 1 aliphatic rings. The van der Waals surface area contributed by atoms with E-state index in [1.807, 2.05) is 20.8 Å². The van der Waals surface area contributed by atoms with Crippen LogP contribution in [0.15, 0.2) is 0 Å². The Morgan fingerprint density at radius 3 is 1.95 bits per heavy atom. The van der Waals surface area contributed by atoms with Crippen molar-refractivity contribution in [2.75, 3.05) is 32.9 Å². The van der Waals surface area contributed by atoms with E-state index in [0.29, 0.717) is 19.8 Å². The predicted octanol–water partition coefficient (Wildman–Crippen LogP) is 3.34. The largest absolute Gasteiger partial charge is 0.500 e. The Morgan fingerprint density at radius 1 is 1.00 bits per heavy atom. The van der Waals surface area contributed by atoms with E-state index < -0.39 is 17.0 Å². The van der Waals surface area contributed by atoms with E-state index >= 15 is 0 Å². The van der Waals surface area contributed by atoms with Gasteiger partial charge in [0, 0.05) is 25.9 Å². The van der Waals surface area contributed by atoms with E-state index in [9.17, 15) is 0 Å². The zero-order valence-corrected chi connectivity index (χ0v) is 16.0. The van der Waals surface area contributed by atoms with Crippen molar-refractivity contribution in [1.82, 2.24) is 4.57 Å². The molecule has 0 N–H and O–H groups in total.